The molecule has 110 valence electrons. The summed E-state index contributed by atoms with van der Waals surface area (Å²) in [7, 11) is 1.58. The number of benzene rings is 1. The average Bonchev–Trinajstić information content (AvgIpc) is 2.38. The lowest BCUT2D eigenvalue weighted by Crippen LogP contribution is -2.06. The molecule has 1 aromatic carbocycles. The van der Waals surface area contributed by atoms with Crippen LogP contribution in [0.5, 0.6) is 0 Å². The number of halogens is 3. The van der Waals surface area contributed by atoms with Gasteiger partial charge in [0.1, 0.15) is 0 Å². The first kappa shape index (κ1) is 16.3. The molecular formula is C15H18F3NO. The van der Waals surface area contributed by atoms with Crippen molar-refractivity contribution in [3.63, 3.8) is 0 Å². The van der Waals surface area contributed by atoms with Gasteiger partial charge in [-0.2, -0.15) is 13.2 Å². The van der Waals surface area contributed by atoms with Crippen LogP contribution < -0.4 is 5.32 Å². The van der Waals surface area contributed by atoms with Gasteiger partial charge >= 0.3 is 6.18 Å². The monoisotopic (exact) mass is 285 g/mol. The van der Waals surface area contributed by atoms with Gasteiger partial charge in [-0.3, -0.25) is 0 Å². The number of methoxy groups -OCH3 is 1. The summed E-state index contributed by atoms with van der Waals surface area (Å²) in [4.78, 5) is 0. The van der Waals surface area contributed by atoms with Crippen molar-refractivity contribution < 1.29 is 17.9 Å². The second-order valence-electron chi connectivity index (χ2n) is 4.13. The summed E-state index contributed by atoms with van der Waals surface area (Å²) in [6.07, 6.45) is 1.92. The zero-order chi connectivity index (χ0) is 15.0. The van der Waals surface area contributed by atoms with Crippen LogP contribution >= 0.6 is 0 Å². The zero-order valence-electron chi connectivity index (χ0n) is 11.5. The number of hydrogen-bond donors (Lipinski definition) is 1. The third kappa shape index (κ3) is 5.48. The molecule has 0 heterocycles. The van der Waals surface area contributed by atoms with E-state index >= 15 is 0 Å². The summed E-state index contributed by atoms with van der Waals surface area (Å²) in [6, 6.07) is 5.12. The van der Waals surface area contributed by atoms with E-state index in [1.165, 1.54) is 6.07 Å². The predicted molar refractivity (Wildman–Crippen MR) is 74.5 cm³/mol. The van der Waals surface area contributed by atoms with Crippen LogP contribution in [-0.2, 0) is 10.9 Å². The Morgan fingerprint density at radius 2 is 2.10 bits per heavy atom. The van der Waals surface area contributed by atoms with Crippen molar-refractivity contribution in [2.45, 2.75) is 19.5 Å². The average molecular weight is 285 g/mol. The van der Waals surface area contributed by atoms with Gasteiger partial charge in [-0.1, -0.05) is 25.1 Å². The molecule has 0 atom stereocenters. The number of alkyl halides is 3. The maximum Gasteiger partial charge on any atom is 0.416 e. The van der Waals surface area contributed by atoms with E-state index in [1.807, 2.05) is 13.0 Å². The Kier molecular flexibility index (Phi) is 6.31. The first-order valence-electron chi connectivity index (χ1n) is 6.27. The van der Waals surface area contributed by atoms with Gasteiger partial charge < -0.3 is 10.1 Å². The molecule has 0 saturated carbocycles. The van der Waals surface area contributed by atoms with Crippen molar-refractivity contribution in [2.24, 2.45) is 0 Å². The lowest BCUT2D eigenvalue weighted by molar-refractivity contribution is -0.137. The minimum atomic E-state index is -4.34. The molecule has 0 saturated heterocycles. The van der Waals surface area contributed by atoms with Crippen LogP contribution in [0.3, 0.4) is 0 Å². The van der Waals surface area contributed by atoms with Crippen molar-refractivity contribution in [3.8, 4) is 0 Å². The molecule has 0 aliphatic carbocycles. The number of ether oxygens (including phenoxy) is 1. The third-order valence-electron chi connectivity index (χ3n) is 2.46. The van der Waals surface area contributed by atoms with E-state index in [0.717, 1.165) is 24.3 Å². The number of allylic oxidation sites excluding steroid dienone is 2. The van der Waals surface area contributed by atoms with E-state index in [2.05, 4.69) is 5.32 Å². The van der Waals surface area contributed by atoms with E-state index in [9.17, 15) is 13.2 Å². The maximum absolute atomic E-state index is 12.6. The van der Waals surface area contributed by atoms with Gasteiger partial charge in [-0.15, -0.1) is 0 Å². The molecule has 0 aliphatic rings. The molecule has 0 bridgehead atoms. The van der Waals surface area contributed by atoms with Crippen LogP contribution in [0.4, 0.5) is 18.9 Å². The Morgan fingerprint density at radius 3 is 2.70 bits per heavy atom. The summed E-state index contributed by atoms with van der Waals surface area (Å²) >= 11 is 0. The summed E-state index contributed by atoms with van der Waals surface area (Å²) in [5.74, 6) is 0. The number of anilines is 1. The Hall–Kier alpha value is -1.75. The number of rotatable bonds is 6. The molecule has 0 aromatic heterocycles. The molecule has 1 N–H and O–H groups in total. The summed E-state index contributed by atoms with van der Waals surface area (Å²) < 4.78 is 42.8. The summed E-state index contributed by atoms with van der Waals surface area (Å²) in [5.41, 5.74) is 0.477. The van der Waals surface area contributed by atoms with Crippen LogP contribution in [-0.4, -0.2) is 13.7 Å². The zero-order valence-corrected chi connectivity index (χ0v) is 11.5. The van der Waals surface area contributed by atoms with Gasteiger partial charge in [0.2, 0.25) is 0 Å². The largest absolute Gasteiger partial charge is 0.416 e. The lowest BCUT2D eigenvalue weighted by atomic mass is 10.2. The van der Waals surface area contributed by atoms with Crippen molar-refractivity contribution in [3.05, 3.63) is 53.8 Å². The van der Waals surface area contributed by atoms with Crippen molar-refractivity contribution in [2.75, 3.05) is 19.0 Å². The SMILES string of the molecule is CC/C=C(\C=C/COC)Nc1cccc(C(F)(F)F)c1. The van der Waals surface area contributed by atoms with Crippen molar-refractivity contribution in [1.82, 2.24) is 0 Å². The van der Waals surface area contributed by atoms with Gasteiger partial charge in [0.25, 0.3) is 0 Å². The molecule has 1 aromatic rings. The molecule has 1 rings (SSSR count). The number of hydrogen-bond acceptors (Lipinski definition) is 2. The predicted octanol–water partition coefficient (Wildman–Crippen LogP) is 4.61. The smallest absolute Gasteiger partial charge is 0.381 e. The lowest BCUT2D eigenvalue weighted by Gasteiger charge is -2.11. The molecule has 5 heteroatoms. The highest BCUT2D eigenvalue weighted by atomic mass is 19.4. The first-order chi connectivity index (χ1) is 9.47. The van der Waals surface area contributed by atoms with Gasteiger partial charge in [0, 0.05) is 18.5 Å². The van der Waals surface area contributed by atoms with Gasteiger partial charge in [0.15, 0.2) is 0 Å². The van der Waals surface area contributed by atoms with Gasteiger partial charge in [-0.05, 0) is 30.7 Å². The molecular weight excluding hydrogens is 267 g/mol. The van der Waals surface area contributed by atoms with Crippen molar-refractivity contribution >= 4 is 5.69 Å². The Labute approximate surface area is 116 Å². The van der Waals surface area contributed by atoms with Crippen LogP contribution in [0.1, 0.15) is 18.9 Å². The quantitative estimate of drug-likeness (QED) is 0.770. The fourth-order valence-electron chi connectivity index (χ4n) is 1.59. The fourth-order valence-corrected chi connectivity index (χ4v) is 1.59. The van der Waals surface area contributed by atoms with Crippen LogP contribution in [0.15, 0.2) is 48.2 Å². The molecule has 0 spiro atoms. The summed E-state index contributed by atoms with van der Waals surface area (Å²) in [5, 5.41) is 2.97. The van der Waals surface area contributed by atoms with Crippen molar-refractivity contribution in [1.29, 1.82) is 0 Å². The maximum atomic E-state index is 12.6. The molecule has 2 nitrogen and oxygen atoms in total. The molecule has 0 fully saturated rings. The highest BCUT2D eigenvalue weighted by Gasteiger charge is 2.30. The third-order valence-corrected chi connectivity index (χ3v) is 2.46. The minimum absolute atomic E-state index is 0.404. The number of nitrogens with one attached hydrogen (secondary N) is 1. The molecule has 0 aliphatic heterocycles. The molecule has 20 heavy (non-hydrogen) atoms. The molecule has 0 radical (unpaired) electrons. The van der Waals surface area contributed by atoms with Gasteiger partial charge in [0.05, 0.1) is 12.2 Å². The molecule has 0 amide bonds. The second-order valence-corrected chi connectivity index (χ2v) is 4.13. The van der Waals surface area contributed by atoms with E-state index in [0.29, 0.717) is 12.3 Å². The van der Waals surface area contributed by atoms with E-state index in [4.69, 9.17) is 4.74 Å². The highest BCUT2D eigenvalue weighted by Crippen LogP contribution is 2.30. The van der Waals surface area contributed by atoms with E-state index in [1.54, 1.807) is 25.3 Å². The standard InChI is InChI=1S/C15H18F3NO/c1-3-6-13(9-5-10-20-2)19-14-8-4-7-12(11-14)15(16,17)18/h4-9,11,19H,3,10H2,1-2H3/b9-5-,13-6+. The van der Waals surface area contributed by atoms with Gasteiger partial charge in [-0.25, -0.2) is 0 Å². The van der Waals surface area contributed by atoms with Crippen LogP contribution in [0.25, 0.3) is 0 Å². The van der Waals surface area contributed by atoms with Crippen LogP contribution in [0, 0.1) is 0 Å². The fraction of sp³-hybridized carbons (Fsp3) is 0.333. The topological polar surface area (TPSA) is 21.3 Å². The highest BCUT2D eigenvalue weighted by molar-refractivity contribution is 5.52. The second kappa shape index (κ2) is 7.75. The Morgan fingerprint density at radius 1 is 1.35 bits per heavy atom. The Bertz CT molecular complexity index is 478. The Balaban J connectivity index is 2.86. The minimum Gasteiger partial charge on any atom is -0.381 e. The first-order valence-corrected chi connectivity index (χ1v) is 6.27. The molecule has 0 unspecified atom stereocenters. The summed E-state index contributed by atoms with van der Waals surface area (Å²) in [6.45, 7) is 2.41. The van der Waals surface area contributed by atoms with E-state index < -0.39 is 11.7 Å². The van der Waals surface area contributed by atoms with Crippen LogP contribution in [0.2, 0.25) is 0 Å². The normalized spacial score (nSPS) is 12.9. The van der Waals surface area contributed by atoms with E-state index in [-0.39, 0.29) is 0 Å².